The topological polar surface area (TPSA) is 99.2 Å². The molecule has 0 bridgehead atoms. The van der Waals surface area contributed by atoms with Gasteiger partial charge in [-0.3, -0.25) is 9.59 Å². The van der Waals surface area contributed by atoms with Gasteiger partial charge in [0.05, 0.1) is 0 Å². The number of halogens is 1. The van der Waals surface area contributed by atoms with Crippen molar-refractivity contribution in [2.75, 3.05) is 5.32 Å². The second-order valence-electron chi connectivity index (χ2n) is 6.22. The molecule has 3 N–H and O–H groups in total. The van der Waals surface area contributed by atoms with Crippen LogP contribution in [0.25, 0.3) is 0 Å². The number of hydrogen-bond acceptors (Lipinski definition) is 4. The lowest BCUT2D eigenvalue weighted by Crippen LogP contribution is -2.16. The number of benzene rings is 2. The van der Waals surface area contributed by atoms with Crippen molar-refractivity contribution >= 4 is 17.5 Å². The summed E-state index contributed by atoms with van der Waals surface area (Å²) >= 11 is 0. The van der Waals surface area contributed by atoms with Crippen molar-refractivity contribution < 1.29 is 18.7 Å². The van der Waals surface area contributed by atoms with Crippen LogP contribution in [0.15, 0.2) is 48.8 Å². The Bertz CT molecular complexity index is 1030. The number of aromatic nitrogens is 2. The maximum absolute atomic E-state index is 14.0. The van der Waals surface area contributed by atoms with Crippen LogP contribution in [0, 0.1) is 12.7 Å². The summed E-state index contributed by atoms with van der Waals surface area (Å²) < 4.78 is 21.4. The second kappa shape index (κ2) is 7.91. The fraction of sp³-hybridized carbons (Fsp3) is 0.150. The Kier molecular flexibility index (Phi) is 5.39. The van der Waals surface area contributed by atoms with E-state index in [1.807, 2.05) is 17.8 Å². The highest BCUT2D eigenvalue weighted by Gasteiger charge is 2.14. The molecule has 0 radical (unpaired) electrons. The third-order valence-corrected chi connectivity index (χ3v) is 4.28. The zero-order valence-electron chi connectivity index (χ0n) is 15.4. The number of carbonyl (C=O) groups is 2. The number of imidazole rings is 1. The quantitative estimate of drug-likeness (QED) is 0.685. The van der Waals surface area contributed by atoms with Crippen molar-refractivity contribution in [3.8, 4) is 5.75 Å². The molecule has 1 aromatic heterocycles. The van der Waals surface area contributed by atoms with E-state index in [4.69, 9.17) is 10.5 Å². The molecule has 8 heteroatoms. The first kappa shape index (κ1) is 19.1. The highest BCUT2D eigenvalue weighted by Crippen LogP contribution is 2.22. The fourth-order valence-electron chi connectivity index (χ4n) is 2.53. The standard InChI is InChI=1S/C20H19FN4O3/c1-12-16(21)9-14(19(22)26)10-17(12)24-20(27)13-3-5-15(6-4-13)28-11-18-23-7-8-25(18)2/h3-10H,11H2,1-2H3,(H2,22,26)(H,24,27). The summed E-state index contributed by atoms with van der Waals surface area (Å²) in [5, 5.41) is 2.60. The molecule has 2 aromatic carbocycles. The van der Waals surface area contributed by atoms with Crippen LogP contribution in [0.4, 0.5) is 10.1 Å². The normalized spacial score (nSPS) is 10.5. The first-order valence-electron chi connectivity index (χ1n) is 8.45. The molecule has 0 atom stereocenters. The van der Waals surface area contributed by atoms with Gasteiger partial charge in [-0.05, 0) is 43.3 Å². The lowest BCUT2D eigenvalue weighted by molar-refractivity contribution is 0.0995. The summed E-state index contributed by atoms with van der Waals surface area (Å²) in [6, 6.07) is 8.89. The summed E-state index contributed by atoms with van der Waals surface area (Å²) in [4.78, 5) is 27.9. The Balaban J connectivity index is 1.70. The Morgan fingerprint density at radius 3 is 2.54 bits per heavy atom. The second-order valence-corrected chi connectivity index (χ2v) is 6.22. The van der Waals surface area contributed by atoms with Gasteiger partial charge in [0, 0.05) is 41.8 Å². The molecule has 0 aliphatic carbocycles. The molecule has 1 heterocycles. The van der Waals surface area contributed by atoms with Gasteiger partial charge in [0.15, 0.2) is 0 Å². The summed E-state index contributed by atoms with van der Waals surface area (Å²) in [5.74, 6) is -0.487. The summed E-state index contributed by atoms with van der Waals surface area (Å²) in [6.07, 6.45) is 3.51. The van der Waals surface area contributed by atoms with E-state index in [9.17, 15) is 14.0 Å². The van der Waals surface area contributed by atoms with Gasteiger partial charge >= 0.3 is 0 Å². The lowest BCUT2D eigenvalue weighted by atomic mass is 10.1. The molecule has 0 unspecified atom stereocenters. The van der Waals surface area contributed by atoms with Gasteiger partial charge in [0.1, 0.15) is 24.0 Å². The number of amides is 2. The van der Waals surface area contributed by atoms with E-state index in [-0.39, 0.29) is 16.8 Å². The van der Waals surface area contributed by atoms with Crippen LogP contribution in [-0.2, 0) is 13.7 Å². The number of aryl methyl sites for hydroxylation is 1. The van der Waals surface area contributed by atoms with Gasteiger partial charge in [-0.15, -0.1) is 0 Å². The number of primary amides is 1. The average molecular weight is 382 g/mol. The van der Waals surface area contributed by atoms with Crippen LogP contribution in [0.5, 0.6) is 5.75 Å². The van der Waals surface area contributed by atoms with Crippen LogP contribution in [0.2, 0.25) is 0 Å². The predicted molar refractivity (Wildman–Crippen MR) is 102 cm³/mol. The SMILES string of the molecule is Cc1c(F)cc(C(N)=O)cc1NC(=O)c1ccc(OCc2nccn2C)cc1. The highest BCUT2D eigenvalue weighted by molar-refractivity contribution is 6.05. The van der Waals surface area contributed by atoms with Gasteiger partial charge < -0.3 is 20.4 Å². The smallest absolute Gasteiger partial charge is 0.255 e. The first-order chi connectivity index (χ1) is 13.3. The number of ether oxygens (including phenoxy) is 1. The monoisotopic (exact) mass is 382 g/mol. The summed E-state index contributed by atoms with van der Waals surface area (Å²) in [5.41, 5.74) is 5.94. The van der Waals surface area contributed by atoms with Crippen LogP contribution < -0.4 is 15.8 Å². The van der Waals surface area contributed by atoms with Crippen LogP contribution in [-0.4, -0.2) is 21.4 Å². The molecule has 144 valence electrons. The molecule has 3 aromatic rings. The van der Waals surface area contributed by atoms with Gasteiger partial charge in [0.2, 0.25) is 5.91 Å². The highest BCUT2D eigenvalue weighted by atomic mass is 19.1. The maximum atomic E-state index is 14.0. The van der Waals surface area contributed by atoms with E-state index in [1.54, 1.807) is 30.5 Å². The largest absolute Gasteiger partial charge is 0.486 e. The van der Waals surface area contributed by atoms with Crippen molar-refractivity contribution in [1.29, 1.82) is 0 Å². The van der Waals surface area contributed by atoms with Crippen molar-refractivity contribution in [3.63, 3.8) is 0 Å². The fourth-order valence-corrected chi connectivity index (χ4v) is 2.53. The number of hydrogen-bond donors (Lipinski definition) is 2. The van der Waals surface area contributed by atoms with E-state index in [2.05, 4.69) is 10.3 Å². The van der Waals surface area contributed by atoms with E-state index in [0.717, 1.165) is 11.9 Å². The minimum absolute atomic E-state index is 0.0172. The molecule has 0 fully saturated rings. The van der Waals surface area contributed by atoms with Gasteiger partial charge in [-0.25, -0.2) is 9.37 Å². The Morgan fingerprint density at radius 2 is 1.93 bits per heavy atom. The third kappa shape index (κ3) is 4.17. The van der Waals surface area contributed by atoms with Crippen LogP contribution >= 0.6 is 0 Å². The van der Waals surface area contributed by atoms with Gasteiger partial charge in [-0.1, -0.05) is 0 Å². The molecular formula is C20H19FN4O3. The zero-order chi connectivity index (χ0) is 20.3. The maximum Gasteiger partial charge on any atom is 0.255 e. The molecule has 0 saturated carbocycles. The predicted octanol–water partition coefficient (Wildman–Crippen LogP) is 2.80. The number of anilines is 1. The first-order valence-corrected chi connectivity index (χ1v) is 8.45. The molecule has 0 aliphatic rings. The van der Waals surface area contributed by atoms with Crippen molar-refractivity contribution in [2.45, 2.75) is 13.5 Å². The molecule has 0 aliphatic heterocycles. The molecule has 7 nitrogen and oxygen atoms in total. The zero-order valence-corrected chi connectivity index (χ0v) is 15.4. The van der Waals surface area contributed by atoms with Crippen molar-refractivity contribution in [1.82, 2.24) is 9.55 Å². The third-order valence-electron chi connectivity index (χ3n) is 4.28. The van der Waals surface area contributed by atoms with E-state index in [0.29, 0.717) is 17.9 Å². The number of rotatable bonds is 6. The molecule has 3 rings (SSSR count). The minimum atomic E-state index is -0.774. The molecule has 2 amide bonds. The number of nitrogens with zero attached hydrogens (tertiary/aromatic N) is 2. The summed E-state index contributed by atoms with van der Waals surface area (Å²) in [6.45, 7) is 1.80. The Hall–Kier alpha value is -3.68. The van der Waals surface area contributed by atoms with Crippen molar-refractivity contribution in [3.05, 3.63) is 77.1 Å². The number of nitrogens with two attached hydrogens (primary N) is 1. The Labute approximate surface area is 161 Å². The summed E-state index contributed by atoms with van der Waals surface area (Å²) in [7, 11) is 1.87. The molecule has 28 heavy (non-hydrogen) atoms. The van der Waals surface area contributed by atoms with E-state index >= 15 is 0 Å². The van der Waals surface area contributed by atoms with Crippen molar-refractivity contribution in [2.24, 2.45) is 12.8 Å². The molecule has 0 saturated heterocycles. The molecule has 0 spiro atoms. The lowest BCUT2D eigenvalue weighted by Gasteiger charge is -2.11. The minimum Gasteiger partial charge on any atom is -0.486 e. The van der Waals surface area contributed by atoms with Gasteiger partial charge in [-0.2, -0.15) is 0 Å². The van der Waals surface area contributed by atoms with E-state index < -0.39 is 17.6 Å². The average Bonchev–Trinajstić information content (AvgIpc) is 3.08. The molecular weight excluding hydrogens is 363 g/mol. The number of nitrogens with one attached hydrogen (secondary N) is 1. The van der Waals surface area contributed by atoms with Crippen LogP contribution in [0.1, 0.15) is 32.1 Å². The van der Waals surface area contributed by atoms with Gasteiger partial charge in [0.25, 0.3) is 5.91 Å². The van der Waals surface area contributed by atoms with E-state index in [1.165, 1.54) is 13.0 Å². The van der Waals surface area contributed by atoms with Crippen LogP contribution in [0.3, 0.4) is 0 Å². The Morgan fingerprint density at radius 1 is 1.21 bits per heavy atom. The number of carbonyl (C=O) groups excluding carboxylic acids is 2.